The number of aromatic nitrogens is 1. The minimum atomic E-state index is -0.0362. The largest absolute Gasteiger partial charge is 0.336 e. The first-order valence-electron chi connectivity index (χ1n) is 5.51. The zero-order chi connectivity index (χ0) is 12.0. The van der Waals surface area contributed by atoms with Crippen LogP contribution in [0.5, 0.6) is 0 Å². The first-order valence-corrected chi connectivity index (χ1v) is 5.51. The third-order valence-electron chi connectivity index (χ3n) is 2.19. The molecule has 0 radical (unpaired) electrons. The van der Waals surface area contributed by atoms with Gasteiger partial charge >= 0.3 is 6.03 Å². The molecule has 2 amide bonds. The molecule has 0 unspecified atom stereocenters. The molecule has 4 nitrogen and oxygen atoms in total. The van der Waals surface area contributed by atoms with E-state index in [9.17, 15) is 4.79 Å². The molecule has 0 aliphatic carbocycles. The molecule has 0 aromatic carbocycles. The summed E-state index contributed by atoms with van der Waals surface area (Å²) in [7, 11) is 1.79. The van der Waals surface area contributed by atoms with Crippen LogP contribution in [-0.2, 0) is 6.42 Å². The van der Waals surface area contributed by atoms with Gasteiger partial charge in [-0.2, -0.15) is 0 Å². The molecular formula is C12H19N3O. The van der Waals surface area contributed by atoms with Crippen molar-refractivity contribution in [2.45, 2.75) is 26.3 Å². The maximum absolute atomic E-state index is 11.6. The first-order chi connectivity index (χ1) is 7.59. The number of carbonyl (C=O) groups is 1. The number of nitrogens with zero attached hydrogens (tertiary/aromatic N) is 2. The van der Waals surface area contributed by atoms with E-state index in [1.165, 1.54) is 0 Å². The van der Waals surface area contributed by atoms with E-state index in [-0.39, 0.29) is 12.1 Å². The van der Waals surface area contributed by atoms with Gasteiger partial charge in [0.1, 0.15) is 0 Å². The predicted octanol–water partition coefficient (Wildman–Crippen LogP) is 1.67. The Morgan fingerprint density at radius 2 is 2.25 bits per heavy atom. The van der Waals surface area contributed by atoms with Crippen LogP contribution in [0.25, 0.3) is 0 Å². The van der Waals surface area contributed by atoms with Crippen molar-refractivity contribution in [3.8, 4) is 0 Å². The van der Waals surface area contributed by atoms with Crippen molar-refractivity contribution in [1.29, 1.82) is 0 Å². The predicted molar refractivity (Wildman–Crippen MR) is 64.2 cm³/mol. The number of likely N-dealkylation sites (N-methyl/N-ethyl adjacent to an activating group) is 1. The molecule has 0 aliphatic rings. The topological polar surface area (TPSA) is 45.2 Å². The highest BCUT2D eigenvalue weighted by atomic mass is 16.2. The first kappa shape index (κ1) is 12.5. The summed E-state index contributed by atoms with van der Waals surface area (Å²) in [6, 6.07) is 5.94. The van der Waals surface area contributed by atoms with Crippen molar-refractivity contribution < 1.29 is 4.79 Å². The molecule has 1 N–H and O–H groups in total. The Balaban J connectivity index is 2.35. The van der Waals surface area contributed by atoms with Gasteiger partial charge in [-0.25, -0.2) is 4.79 Å². The van der Waals surface area contributed by atoms with Crippen molar-refractivity contribution in [3.63, 3.8) is 0 Å². The summed E-state index contributed by atoms with van der Waals surface area (Å²) in [5.41, 5.74) is 1.01. The summed E-state index contributed by atoms with van der Waals surface area (Å²) in [5.74, 6) is 0. The highest BCUT2D eigenvalue weighted by Gasteiger charge is 2.08. The van der Waals surface area contributed by atoms with E-state index in [0.29, 0.717) is 6.54 Å². The van der Waals surface area contributed by atoms with Gasteiger partial charge in [-0.15, -0.1) is 0 Å². The summed E-state index contributed by atoms with van der Waals surface area (Å²) in [4.78, 5) is 17.5. The molecule has 1 heterocycles. The number of rotatable bonds is 4. The van der Waals surface area contributed by atoms with E-state index in [4.69, 9.17) is 0 Å². The summed E-state index contributed by atoms with van der Waals surface area (Å²) in [6.45, 7) is 4.57. The van der Waals surface area contributed by atoms with Crippen molar-refractivity contribution in [3.05, 3.63) is 30.1 Å². The second-order valence-corrected chi connectivity index (χ2v) is 4.10. The van der Waals surface area contributed by atoms with E-state index in [0.717, 1.165) is 12.1 Å². The molecule has 1 aromatic heterocycles. The fourth-order valence-electron chi connectivity index (χ4n) is 1.29. The Morgan fingerprint density at radius 1 is 1.50 bits per heavy atom. The molecular weight excluding hydrogens is 202 g/mol. The van der Waals surface area contributed by atoms with E-state index in [1.54, 1.807) is 18.1 Å². The summed E-state index contributed by atoms with van der Waals surface area (Å²) < 4.78 is 0. The van der Waals surface area contributed by atoms with E-state index in [2.05, 4.69) is 10.3 Å². The zero-order valence-corrected chi connectivity index (χ0v) is 10.1. The normalized spacial score (nSPS) is 10.2. The fraction of sp³-hybridized carbons (Fsp3) is 0.500. The van der Waals surface area contributed by atoms with Crippen LogP contribution < -0.4 is 5.32 Å². The van der Waals surface area contributed by atoms with E-state index in [1.807, 2.05) is 32.0 Å². The highest BCUT2D eigenvalue weighted by Crippen LogP contribution is 1.97. The second-order valence-electron chi connectivity index (χ2n) is 4.10. The van der Waals surface area contributed by atoms with Gasteiger partial charge in [0, 0.05) is 37.9 Å². The molecule has 0 spiro atoms. The second kappa shape index (κ2) is 6.10. The average molecular weight is 221 g/mol. The van der Waals surface area contributed by atoms with Crippen molar-refractivity contribution in [2.24, 2.45) is 0 Å². The molecule has 88 valence electrons. The summed E-state index contributed by atoms with van der Waals surface area (Å²) in [5, 5.41) is 2.85. The smallest absolute Gasteiger partial charge is 0.317 e. The van der Waals surface area contributed by atoms with Gasteiger partial charge < -0.3 is 10.2 Å². The van der Waals surface area contributed by atoms with Crippen LogP contribution in [0.1, 0.15) is 19.5 Å². The number of urea groups is 1. The molecule has 0 atom stereocenters. The SMILES string of the molecule is CC(C)NC(=O)N(C)CCc1ccccn1. The Labute approximate surface area is 96.7 Å². The molecule has 0 saturated heterocycles. The van der Waals surface area contributed by atoms with Crippen LogP contribution in [0, 0.1) is 0 Å². The number of pyridine rings is 1. The van der Waals surface area contributed by atoms with E-state index >= 15 is 0 Å². The van der Waals surface area contributed by atoms with Gasteiger partial charge in [-0.05, 0) is 26.0 Å². The van der Waals surface area contributed by atoms with Crippen LogP contribution in [-0.4, -0.2) is 35.5 Å². The minimum Gasteiger partial charge on any atom is -0.336 e. The van der Waals surface area contributed by atoms with Gasteiger partial charge in [0.2, 0.25) is 0 Å². The lowest BCUT2D eigenvalue weighted by atomic mass is 10.2. The van der Waals surface area contributed by atoms with Crippen LogP contribution in [0.3, 0.4) is 0 Å². The molecule has 0 fully saturated rings. The minimum absolute atomic E-state index is 0.0362. The van der Waals surface area contributed by atoms with Crippen molar-refractivity contribution >= 4 is 6.03 Å². The van der Waals surface area contributed by atoms with Gasteiger partial charge in [0.05, 0.1) is 0 Å². The summed E-state index contributed by atoms with van der Waals surface area (Å²) in [6.07, 6.45) is 2.55. The molecule has 0 saturated carbocycles. The number of nitrogens with one attached hydrogen (secondary N) is 1. The van der Waals surface area contributed by atoms with Gasteiger partial charge in [0.15, 0.2) is 0 Å². The monoisotopic (exact) mass is 221 g/mol. The maximum atomic E-state index is 11.6. The number of hydrogen-bond donors (Lipinski definition) is 1. The quantitative estimate of drug-likeness (QED) is 0.840. The molecule has 4 heteroatoms. The van der Waals surface area contributed by atoms with Crippen LogP contribution in [0.4, 0.5) is 4.79 Å². The standard InChI is InChI=1S/C12H19N3O/c1-10(2)14-12(16)15(3)9-7-11-6-4-5-8-13-11/h4-6,8,10H,7,9H2,1-3H3,(H,14,16). The molecule has 0 aliphatic heterocycles. The summed E-state index contributed by atoms with van der Waals surface area (Å²) >= 11 is 0. The van der Waals surface area contributed by atoms with Crippen LogP contribution in [0.15, 0.2) is 24.4 Å². The lowest BCUT2D eigenvalue weighted by molar-refractivity contribution is 0.206. The Bertz CT molecular complexity index is 324. The Hall–Kier alpha value is -1.58. The molecule has 1 rings (SSSR count). The Kier molecular flexibility index (Phi) is 4.76. The third-order valence-corrected chi connectivity index (χ3v) is 2.19. The van der Waals surface area contributed by atoms with Crippen LogP contribution in [0.2, 0.25) is 0 Å². The van der Waals surface area contributed by atoms with Crippen molar-refractivity contribution in [1.82, 2.24) is 15.2 Å². The highest BCUT2D eigenvalue weighted by molar-refractivity contribution is 5.74. The van der Waals surface area contributed by atoms with E-state index < -0.39 is 0 Å². The lowest BCUT2D eigenvalue weighted by Gasteiger charge is -2.19. The van der Waals surface area contributed by atoms with Crippen LogP contribution >= 0.6 is 0 Å². The van der Waals surface area contributed by atoms with Crippen molar-refractivity contribution in [2.75, 3.05) is 13.6 Å². The van der Waals surface area contributed by atoms with Gasteiger partial charge in [-0.1, -0.05) is 6.07 Å². The number of carbonyl (C=O) groups excluding carboxylic acids is 1. The number of amides is 2. The Morgan fingerprint density at radius 3 is 2.81 bits per heavy atom. The number of hydrogen-bond acceptors (Lipinski definition) is 2. The van der Waals surface area contributed by atoms with Gasteiger partial charge in [-0.3, -0.25) is 4.98 Å². The third kappa shape index (κ3) is 4.29. The fourth-order valence-corrected chi connectivity index (χ4v) is 1.29. The van der Waals surface area contributed by atoms with Gasteiger partial charge in [0.25, 0.3) is 0 Å². The zero-order valence-electron chi connectivity index (χ0n) is 10.1. The molecule has 1 aromatic rings. The molecule has 0 bridgehead atoms. The lowest BCUT2D eigenvalue weighted by Crippen LogP contribution is -2.41. The average Bonchev–Trinajstić information content (AvgIpc) is 2.26. The molecule has 16 heavy (non-hydrogen) atoms. The maximum Gasteiger partial charge on any atom is 0.317 e.